The minimum Gasteiger partial charge on any atom is -0.361 e. The summed E-state index contributed by atoms with van der Waals surface area (Å²) >= 11 is 0. The lowest BCUT2D eigenvalue weighted by atomic mass is 9.71. The Hall–Kier alpha value is -2.32. The molecule has 2 N–H and O–H groups in total. The van der Waals surface area contributed by atoms with E-state index in [9.17, 15) is 10.1 Å². The lowest BCUT2D eigenvalue weighted by Crippen LogP contribution is -2.48. The van der Waals surface area contributed by atoms with Gasteiger partial charge in [-0.1, -0.05) is 12.1 Å². The fraction of sp³-hybridized carbons (Fsp3) is 0.524. The van der Waals surface area contributed by atoms with Gasteiger partial charge in [-0.25, -0.2) is 0 Å². The standard InChI is InChI=1S/C21H26N4O/c1-3-23-21(26)14(10-22)7-13-8-17-16-5-4-6-18-20(16)15(11-24-18)9-19(17)25(2)12-13/h4-6,11,13-14,17,19,24H,3,7-9,12H2,1-2H3,(H,23,26)/t13?,14?,17-,19-/m1/s1. The Bertz CT molecular complexity index is 865. The van der Waals surface area contributed by atoms with Crippen molar-refractivity contribution in [3.63, 3.8) is 0 Å². The summed E-state index contributed by atoms with van der Waals surface area (Å²) in [7, 11) is 2.19. The summed E-state index contributed by atoms with van der Waals surface area (Å²) in [6.07, 6.45) is 4.93. The molecule has 0 radical (unpaired) electrons. The number of piperidine rings is 1. The zero-order valence-corrected chi connectivity index (χ0v) is 15.5. The third-order valence-corrected chi connectivity index (χ3v) is 6.20. The van der Waals surface area contributed by atoms with E-state index in [0.717, 1.165) is 19.4 Å². The van der Waals surface area contributed by atoms with Gasteiger partial charge in [-0.05, 0) is 56.3 Å². The molecule has 1 aromatic heterocycles. The van der Waals surface area contributed by atoms with Crippen LogP contribution in [-0.2, 0) is 11.2 Å². The van der Waals surface area contributed by atoms with Crippen LogP contribution >= 0.6 is 0 Å². The number of hydrogen-bond donors (Lipinski definition) is 2. The highest BCUT2D eigenvalue weighted by Crippen LogP contribution is 2.45. The summed E-state index contributed by atoms with van der Waals surface area (Å²) < 4.78 is 0. The fourth-order valence-corrected chi connectivity index (χ4v) is 5.07. The van der Waals surface area contributed by atoms with Crippen LogP contribution in [0.2, 0.25) is 0 Å². The molecular weight excluding hydrogens is 324 g/mol. The first-order chi connectivity index (χ1) is 12.6. The number of H-pyrrole nitrogens is 1. The van der Waals surface area contributed by atoms with Crippen molar-refractivity contribution in [1.82, 2.24) is 15.2 Å². The summed E-state index contributed by atoms with van der Waals surface area (Å²) in [5, 5.41) is 13.6. The van der Waals surface area contributed by atoms with Crippen molar-refractivity contribution in [1.29, 1.82) is 5.26 Å². The van der Waals surface area contributed by atoms with Gasteiger partial charge in [-0.2, -0.15) is 5.26 Å². The third kappa shape index (κ3) is 2.79. The summed E-state index contributed by atoms with van der Waals surface area (Å²) in [5.41, 5.74) is 4.07. The molecule has 1 amide bonds. The van der Waals surface area contributed by atoms with E-state index in [0.29, 0.717) is 30.8 Å². The van der Waals surface area contributed by atoms with Crippen LogP contribution in [0.5, 0.6) is 0 Å². The first-order valence-corrected chi connectivity index (χ1v) is 9.58. The monoisotopic (exact) mass is 350 g/mol. The van der Waals surface area contributed by atoms with Crippen molar-refractivity contribution in [3.05, 3.63) is 35.5 Å². The van der Waals surface area contributed by atoms with E-state index in [1.54, 1.807) is 0 Å². The Morgan fingerprint density at radius 2 is 2.35 bits per heavy atom. The van der Waals surface area contributed by atoms with Crippen LogP contribution in [0.25, 0.3) is 10.9 Å². The van der Waals surface area contributed by atoms with Gasteiger partial charge in [-0.3, -0.25) is 4.79 Å². The maximum atomic E-state index is 12.1. The van der Waals surface area contributed by atoms with Gasteiger partial charge in [0.25, 0.3) is 0 Å². The van der Waals surface area contributed by atoms with Crippen molar-refractivity contribution in [3.8, 4) is 6.07 Å². The van der Waals surface area contributed by atoms with E-state index in [1.807, 2.05) is 6.92 Å². The van der Waals surface area contributed by atoms with Crippen LogP contribution in [-0.4, -0.2) is 42.0 Å². The van der Waals surface area contributed by atoms with E-state index >= 15 is 0 Å². The van der Waals surface area contributed by atoms with Crippen molar-refractivity contribution < 1.29 is 4.79 Å². The molecule has 2 aliphatic rings. The first kappa shape index (κ1) is 17.1. The van der Waals surface area contributed by atoms with Gasteiger partial charge in [-0.15, -0.1) is 0 Å². The molecule has 2 unspecified atom stereocenters. The predicted molar refractivity (Wildman–Crippen MR) is 102 cm³/mol. The molecule has 0 bridgehead atoms. The van der Waals surface area contributed by atoms with Gasteiger partial charge in [0.15, 0.2) is 0 Å². The van der Waals surface area contributed by atoms with Crippen LogP contribution in [0.1, 0.15) is 36.8 Å². The van der Waals surface area contributed by atoms with Crippen LogP contribution in [0.4, 0.5) is 0 Å². The average Bonchev–Trinajstić information content (AvgIpc) is 3.05. The Morgan fingerprint density at radius 3 is 3.12 bits per heavy atom. The number of hydrogen-bond acceptors (Lipinski definition) is 3. The number of aromatic amines is 1. The number of carbonyl (C=O) groups excluding carboxylic acids is 1. The molecule has 1 aliphatic heterocycles. The Kier molecular flexibility index (Phi) is 4.46. The van der Waals surface area contributed by atoms with Gasteiger partial charge in [0.2, 0.25) is 5.91 Å². The molecule has 1 aliphatic carbocycles. The van der Waals surface area contributed by atoms with Crippen molar-refractivity contribution in [2.75, 3.05) is 20.1 Å². The predicted octanol–water partition coefficient (Wildman–Crippen LogP) is 2.79. The van der Waals surface area contributed by atoms with Gasteiger partial charge < -0.3 is 15.2 Å². The van der Waals surface area contributed by atoms with Crippen molar-refractivity contribution in [2.24, 2.45) is 11.8 Å². The number of amides is 1. The summed E-state index contributed by atoms with van der Waals surface area (Å²) in [4.78, 5) is 18.0. The molecule has 26 heavy (non-hydrogen) atoms. The normalized spacial score (nSPS) is 26.1. The van der Waals surface area contributed by atoms with Crippen molar-refractivity contribution >= 4 is 16.8 Å². The lowest BCUT2D eigenvalue weighted by molar-refractivity contribution is -0.123. The number of nitrogens with zero attached hydrogens (tertiary/aromatic N) is 2. The zero-order valence-electron chi connectivity index (χ0n) is 15.5. The highest BCUT2D eigenvalue weighted by Gasteiger charge is 2.40. The molecule has 1 aromatic carbocycles. The summed E-state index contributed by atoms with van der Waals surface area (Å²) in [6.45, 7) is 3.42. The van der Waals surface area contributed by atoms with E-state index in [-0.39, 0.29) is 5.91 Å². The first-order valence-electron chi connectivity index (χ1n) is 9.58. The fourth-order valence-electron chi connectivity index (χ4n) is 5.07. The molecule has 5 nitrogen and oxygen atoms in total. The molecule has 2 aromatic rings. The highest BCUT2D eigenvalue weighted by molar-refractivity contribution is 5.88. The molecule has 4 atom stereocenters. The smallest absolute Gasteiger partial charge is 0.237 e. The molecule has 4 rings (SSSR count). The minimum absolute atomic E-state index is 0.126. The van der Waals surface area contributed by atoms with Crippen LogP contribution in [0.15, 0.2) is 24.4 Å². The Morgan fingerprint density at radius 1 is 1.50 bits per heavy atom. The van der Waals surface area contributed by atoms with E-state index in [4.69, 9.17) is 0 Å². The maximum Gasteiger partial charge on any atom is 0.237 e. The maximum absolute atomic E-state index is 12.1. The number of aromatic nitrogens is 1. The number of benzene rings is 1. The zero-order chi connectivity index (χ0) is 18.3. The molecule has 1 saturated heterocycles. The van der Waals surface area contributed by atoms with Gasteiger partial charge in [0, 0.05) is 42.1 Å². The lowest BCUT2D eigenvalue weighted by Gasteiger charge is -2.46. The third-order valence-electron chi connectivity index (χ3n) is 6.20. The average molecular weight is 350 g/mol. The van der Waals surface area contributed by atoms with Crippen molar-refractivity contribution in [2.45, 2.75) is 38.1 Å². The minimum atomic E-state index is -0.549. The summed E-state index contributed by atoms with van der Waals surface area (Å²) in [5.74, 6) is 0.161. The van der Waals surface area contributed by atoms with Crippen LogP contribution < -0.4 is 5.32 Å². The molecule has 136 valence electrons. The molecule has 0 saturated carbocycles. The topological polar surface area (TPSA) is 71.9 Å². The SMILES string of the molecule is CCNC(=O)C(C#N)CC1C[C@@H]2c3cccc4[nH]cc(c34)C[C@H]2N(C)C1. The number of likely N-dealkylation sites (N-methyl/N-ethyl adjacent to an activating group) is 1. The number of rotatable bonds is 4. The molecular formula is C21H26N4O. The highest BCUT2D eigenvalue weighted by atomic mass is 16.1. The number of fused-ring (bicyclic) bond motifs is 2. The second kappa shape index (κ2) is 6.77. The second-order valence-electron chi connectivity index (χ2n) is 7.81. The molecule has 5 heteroatoms. The number of likely N-dealkylation sites (tertiary alicyclic amines) is 1. The molecule has 0 spiro atoms. The number of nitrogens with one attached hydrogen (secondary N) is 2. The quantitative estimate of drug-likeness (QED) is 0.891. The van der Waals surface area contributed by atoms with Crippen LogP contribution in [0.3, 0.4) is 0 Å². The number of nitriles is 1. The molecule has 1 fully saturated rings. The van der Waals surface area contributed by atoms with E-state index in [2.05, 4.69) is 52.7 Å². The van der Waals surface area contributed by atoms with E-state index in [1.165, 1.54) is 22.0 Å². The van der Waals surface area contributed by atoms with Gasteiger partial charge in [0.1, 0.15) is 5.92 Å². The molecule has 2 heterocycles. The van der Waals surface area contributed by atoms with Gasteiger partial charge >= 0.3 is 0 Å². The largest absolute Gasteiger partial charge is 0.361 e. The Labute approximate surface area is 154 Å². The Balaban J connectivity index is 1.59. The van der Waals surface area contributed by atoms with E-state index < -0.39 is 5.92 Å². The number of carbonyl (C=O) groups is 1. The second-order valence-corrected chi connectivity index (χ2v) is 7.81. The van der Waals surface area contributed by atoms with Crippen LogP contribution in [0, 0.1) is 23.2 Å². The summed E-state index contributed by atoms with van der Waals surface area (Å²) in [6, 6.07) is 9.27. The van der Waals surface area contributed by atoms with Gasteiger partial charge in [0.05, 0.1) is 6.07 Å².